The fourth-order valence-corrected chi connectivity index (χ4v) is 4.61. The van der Waals surface area contributed by atoms with E-state index in [0.29, 0.717) is 17.7 Å². The van der Waals surface area contributed by atoms with Crippen molar-refractivity contribution in [2.45, 2.75) is 31.8 Å². The Balaban J connectivity index is 1.64. The Morgan fingerprint density at radius 1 is 1.24 bits per heavy atom. The Labute approximate surface area is 150 Å². The van der Waals surface area contributed by atoms with E-state index in [2.05, 4.69) is 17.0 Å². The zero-order chi connectivity index (χ0) is 17.2. The van der Waals surface area contributed by atoms with Gasteiger partial charge in [-0.3, -0.25) is 4.90 Å². The predicted molar refractivity (Wildman–Crippen MR) is 97.7 cm³/mol. The van der Waals surface area contributed by atoms with Crippen molar-refractivity contribution >= 4 is 21.6 Å². The summed E-state index contributed by atoms with van der Waals surface area (Å²) < 4.78 is 15.4. The Kier molecular flexibility index (Phi) is 4.48. The molecule has 1 atom stereocenters. The van der Waals surface area contributed by atoms with Gasteiger partial charge in [-0.25, -0.2) is 9.37 Å². The smallest absolute Gasteiger partial charge is 0.127 e. The third-order valence-corrected chi connectivity index (χ3v) is 5.90. The van der Waals surface area contributed by atoms with E-state index in [4.69, 9.17) is 10.2 Å². The van der Waals surface area contributed by atoms with Crippen LogP contribution < -0.4 is 0 Å². The number of thiazole rings is 1. The molecule has 0 spiro atoms. The number of benzene rings is 2. The van der Waals surface area contributed by atoms with Crippen LogP contribution in [-0.4, -0.2) is 16.4 Å². The second-order valence-electron chi connectivity index (χ2n) is 6.42. The molecular weight excluding hydrogens is 333 g/mol. The fourth-order valence-electron chi connectivity index (χ4n) is 3.48. The summed E-state index contributed by atoms with van der Waals surface area (Å²) in [4.78, 5) is 7.12. The molecule has 126 valence electrons. The third-order valence-electron chi connectivity index (χ3n) is 4.76. The minimum atomic E-state index is -0.243. The number of rotatable bonds is 3. The van der Waals surface area contributed by atoms with Gasteiger partial charge in [0.25, 0.3) is 0 Å². The van der Waals surface area contributed by atoms with Gasteiger partial charge < -0.3 is 0 Å². The summed E-state index contributed by atoms with van der Waals surface area (Å²) in [5.41, 5.74) is 2.13. The number of hydrogen-bond donors (Lipinski definition) is 0. The normalized spacial score (nSPS) is 18.3. The molecule has 5 heteroatoms. The van der Waals surface area contributed by atoms with Crippen LogP contribution in [0.5, 0.6) is 0 Å². The van der Waals surface area contributed by atoms with Crippen molar-refractivity contribution in [3.05, 3.63) is 64.4 Å². The van der Waals surface area contributed by atoms with Gasteiger partial charge in [-0.1, -0.05) is 18.6 Å². The SMILES string of the molecule is N#Cc1ccc(F)c(CN2CCCC[C@@H]2c2nc3ccccc3s2)c1. The lowest BCUT2D eigenvalue weighted by molar-refractivity contribution is 0.138. The molecule has 0 unspecified atom stereocenters. The molecule has 1 fully saturated rings. The van der Waals surface area contributed by atoms with E-state index in [-0.39, 0.29) is 11.9 Å². The molecule has 2 aromatic carbocycles. The maximum atomic E-state index is 14.2. The quantitative estimate of drug-likeness (QED) is 0.664. The van der Waals surface area contributed by atoms with Gasteiger partial charge in [-0.2, -0.15) is 5.26 Å². The van der Waals surface area contributed by atoms with Gasteiger partial charge >= 0.3 is 0 Å². The third kappa shape index (κ3) is 3.28. The largest absolute Gasteiger partial charge is 0.290 e. The minimum Gasteiger partial charge on any atom is -0.290 e. The molecule has 25 heavy (non-hydrogen) atoms. The van der Waals surface area contributed by atoms with Crippen LogP contribution in [0, 0.1) is 17.1 Å². The van der Waals surface area contributed by atoms with Crippen molar-refractivity contribution in [1.29, 1.82) is 5.26 Å². The fraction of sp³-hybridized carbons (Fsp3) is 0.300. The van der Waals surface area contributed by atoms with Gasteiger partial charge in [0.1, 0.15) is 10.8 Å². The Hall–Kier alpha value is -2.29. The number of aromatic nitrogens is 1. The highest BCUT2D eigenvalue weighted by molar-refractivity contribution is 7.18. The summed E-state index contributed by atoms with van der Waals surface area (Å²) in [5.74, 6) is -0.243. The Morgan fingerprint density at radius 3 is 2.96 bits per heavy atom. The number of halogens is 1. The second-order valence-corrected chi connectivity index (χ2v) is 7.48. The zero-order valence-corrected chi connectivity index (χ0v) is 14.6. The van der Waals surface area contributed by atoms with Crippen LogP contribution in [0.1, 0.15) is 41.4 Å². The van der Waals surface area contributed by atoms with Gasteiger partial charge in [-0.05, 0) is 49.7 Å². The molecule has 2 heterocycles. The van der Waals surface area contributed by atoms with E-state index in [9.17, 15) is 4.39 Å². The van der Waals surface area contributed by atoms with Crippen LogP contribution in [-0.2, 0) is 6.54 Å². The van der Waals surface area contributed by atoms with Crippen molar-refractivity contribution in [1.82, 2.24) is 9.88 Å². The molecule has 0 amide bonds. The summed E-state index contributed by atoms with van der Waals surface area (Å²) in [6.45, 7) is 1.44. The summed E-state index contributed by atoms with van der Waals surface area (Å²) in [7, 11) is 0. The van der Waals surface area contributed by atoms with Crippen molar-refractivity contribution in [3.63, 3.8) is 0 Å². The molecule has 4 rings (SSSR count). The molecule has 0 saturated carbocycles. The van der Waals surface area contributed by atoms with Crippen LogP contribution in [0.2, 0.25) is 0 Å². The average Bonchev–Trinajstić information content (AvgIpc) is 3.08. The van der Waals surface area contributed by atoms with Crippen LogP contribution in [0.3, 0.4) is 0 Å². The summed E-state index contributed by atoms with van der Waals surface area (Å²) in [5, 5.41) is 10.2. The summed E-state index contributed by atoms with van der Waals surface area (Å²) in [6, 6.07) is 15.1. The number of hydrogen-bond acceptors (Lipinski definition) is 4. The first-order valence-electron chi connectivity index (χ1n) is 8.52. The zero-order valence-electron chi connectivity index (χ0n) is 13.8. The number of nitriles is 1. The van der Waals surface area contributed by atoms with Crippen molar-refractivity contribution in [3.8, 4) is 6.07 Å². The van der Waals surface area contributed by atoms with Crippen molar-refractivity contribution in [2.75, 3.05) is 6.54 Å². The average molecular weight is 351 g/mol. The molecule has 1 aromatic heterocycles. The van der Waals surface area contributed by atoms with Crippen molar-refractivity contribution < 1.29 is 4.39 Å². The number of likely N-dealkylation sites (tertiary alicyclic amines) is 1. The molecule has 0 bridgehead atoms. The standard InChI is InChI=1S/C20H18FN3S/c21-16-9-8-14(12-22)11-15(16)13-24-10-4-3-6-18(24)20-23-17-5-1-2-7-19(17)25-20/h1-2,5,7-9,11,18H,3-4,6,10,13H2/t18-/m1/s1. The first kappa shape index (κ1) is 16.2. The van der Waals surface area contributed by atoms with Crippen LogP contribution in [0.25, 0.3) is 10.2 Å². The van der Waals surface area contributed by atoms with Crippen LogP contribution in [0.15, 0.2) is 42.5 Å². The molecule has 3 aromatic rings. The Morgan fingerprint density at radius 2 is 2.12 bits per heavy atom. The highest BCUT2D eigenvalue weighted by atomic mass is 32.1. The van der Waals surface area contributed by atoms with E-state index in [1.807, 2.05) is 18.2 Å². The molecule has 0 aliphatic carbocycles. The molecule has 0 radical (unpaired) electrons. The molecular formula is C20H18FN3S. The molecule has 1 aliphatic rings. The maximum Gasteiger partial charge on any atom is 0.127 e. The van der Waals surface area contributed by atoms with Gasteiger partial charge in [0.15, 0.2) is 0 Å². The van der Waals surface area contributed by atoms with Crippen molar-refractivity contribution in [2.24, 2.45) is 0 Å². The van der Waals surface area contributed by atoms with Crippen LogP contribution >= 0.6 is 11.3 Å². The molecule has 1 aliphatic heterocycles. The Bertz CT molecular complexity index is 911. The highest BCUT2D eigenvalue weighted by Crippen LogP contribution is 2.36. The van der Waals surface area contributed by atoms with Gasteiger partial charge in [-0.15, -0.1) is 11.3 Å². The number of para-hydroxylation sites is 1. The number of fused-ring (bicyclic) bond motifs is 1. The minimum absolute atomic E-state index is 0.219. The predicted octanol–water partition coefficient (Wildman–Crippen LogP) is 5.03. The summed E-state index contributed by atoms with van der Waals surface area (Å²) >= 11 is 1.73. The molecule has 3 nitrogen and oxygen atoms in total. The highest BCUT2D eigenvalue weighted by Gasteiger charge is 2.27. The molecule has 0 N–H and O–H groups in total. The van der Waals surface area contributed by atoms with E-state index in [0.717, 1.165) is 36.3 Å². The van der Waals surface area contributed by atoms with E-state index in [1.54, 1.807) is 17.4 Å². The van der Waals surface area contributed by atoms with E-state index in [1.165, 1.54) is 16.8 Å². The first-order valence-corrected chi connectivity index (χ1v) is 9.34. The lowest BCUT2D eigenvalue weighted by Crippen LogP contribution is -2.33. The lowest BCUT2D eigenvalue weighted by Gasteiger charge is -2.34. The van der Waals surface area contributed by atoms with Gasteiger partial charge in [0.05, 0.1) is 27.9 Å². The second kappa shape index (κ2) is 6.91. The number of nitrogens with zero attached hydrogens (tertiary/aromatic N) is 3. The molecule has 1 saturated heterocycles. The lowest BCUT2D eigenvalue weighted by atomic mass is 10.0. The topological polar surface area (TPSA) is 39.9 Å². The first-order chi connectivity index (χ1) is 12.2. The van der Waals surface area contributed by atoms with Gasteiger partial charge in [0.2, 0.25) is 0 Å². The van der Waals surface area contributed by atoms with Crippen LogP contribution in [0.4, 0.5) is 4.39 Å². The van der Waals surface area contributed by atoms with E-state index >= 15 is 0 Å². The summed E-state index contributed by atoms with van der Waals surface area (Å²) in [6.07, 6.45) is 3.32. The van der Waals surface area contributed by atoms with Gasteiger partial charge in [0, 0.05) is 12.1 Å². The maximum absolute atomic E-state index is 14.2. The number of piperidine rings is 1. The van der Waals surface area contributed by atoms with E-state index < -0.39 is 0 Å². The monoisotopic (exact) mass is 351 g/mol.